The van der Waals surface area contributed by atoms with Crippen molar-refractivity contribution in [1.29, 1.82) is 0 Å². The van der Waals surface area contributed by atoms with Gasteiger partial charge < -0.3 is 14.9 Å². The SMILES string of the molecule is C[C@H]1CCC(=O)CCC(=O)c2c(O)cc(O)cc2CC(=O)O1. The molecule has 0 saturated heterocycles. The summed E-state index contributed by atoms with van der Waals surface area (Å²) in [6, 6.07) is 2.30. The van der Waals surface area contributed by atoms with E-state index in [2.05, 4.69) is 0 Å². The molecule has 1 aromatic rings. The van der Waals surface area contributed by atoms with Gasteiger partial charge in [0.15, 0.2) is 5.78 Å². The van der Waals surface area contributed by atoms with Gasteiger partial charge in [-0.3, -0.25) is 14.4 Å². The highest BCUT2D eigenvalue weighted by atomic mass is 16.5. The van der Waals surface area contributed by atoms with E-state index in [-0.39, 0.29) is 48.3 Å². The Morgan fingerprint density at radius 3 is 2.55 bits per heavy atom. The Bertz CT molecular complexity index is 619. The summed E-state index contributed by atoms with van der Waals surface area (Å²) in [6.07, 6.45) is 0.0854. The molecule has 0 aliphatic carbocycles. The molecular formula is C16H18O6. The summed E-state index contributed by atoms with van der Waals surface area (Å²) in [6.45, 7) is 1.70. The molecule has 0 spiro atoms. The number of esters is 1. The fourth-order valence-electron chi connectivity index (χ4n) is 2.48. The number of cyclic esters (lactones) is 1. The molecule has 6 heteroatoms. The smallest absolute Gasteiger partial charge is 0.310 e. The first-order valence-corrected chi connectivity index (χ1v) is 7.16. The van der Waals surface area contributed by atoms with Crippen LogP contribution < -0.4 is 0 Å². The second-order valence-corrected chi connectivity index (χ2v) is 5.48. The largest absolute Gasteiger partial charge is 0.508 e. The van der Waals surface area contributed by atoms with Crippen LogP contribution in [-0.2, 0) is 20.7 Å². The molecule has 1 atom stereocenters. The summed E-state index contributed by atoms with van der Waals surface area (Å²) >= 11 is 0. The van der Waals surface area contributed by atoms with Crippen molar-refractivity contribution in [2.75, 3.05) is 0 Å². The highest BCUT2D eigenvalue weighted by Crippen LogP contribution is 2.30. The average Bonchev–Trinajstić information content (AvgIpc) is 2.40. The summed E-state index contributed by atoms with van der Waals surface area (Å²) in [5.74, 6) is -1.73. The standard InChI is InChI=1S/C16H18O6/c1-9-2-3-11(17)4-5-13(19)16-10(7-15(21)22-9)6-12(18)8-14(16)20/h6,8-9,18,20H,2-5,7H2,1H3/t9-/m0/s1. The minimum absolute atomic E-state index is 0.0317. The van der Waals surface area contributed by atoms with Crippen molar-refractivity contribution in [3.05, 3.63) is 23.3 Å². The fraction of sp³-hybridized carbons (Fsp3) is 0.438. The predicted octanol–water partition coefficient (Wildman–Crippen LogP) is 1.90. The number of ether oxygens (including phenoxy) is 1. The molecule has 6 nitrogen and oxygen atoms in total. The molecular weight excluding hydrogens is 288 g/mol. The molecule has 1 heterocycles. The van der Waals surface area contributed by atoms with Gasteiger partial charge in [0.2, 0.25) is 0 Å². The molecule has 1 aliphatic rings. The van der Waals surface area contributed by atoms with E-state index in [0.29, 0.717) is 6.42 Å². The van der Waals surface area contributed by atoms with Crippen molar-refractivity contribution in [3.8, 4) is 11.5 Å². The molecule has 118 valence electrons. The summed E-state index contributed by atoms with van der Waals surface area (Å²) in [5.41, 5.74) is 0.170. The van der Waals surface area contributed by atoms with Crippen molar-refractivity contribution >= 4 is 17.5 Å². The van der Waals surface area contributed by atoms with Gasteiger partial charge in [0, 0.05) is 25.3 Å². The number of fused-ring (bicyclic) bond motifs is 1. The Kier molecular flexibility index (Phi) is 4.80. The van der Waals surface area contributed by atoms with Gasteiger partial charge in [-0.05, 0) is 25.0 Å². The number of hydrogen-bond acceptors (Lipinski definition) is 6. The lowest BCUT2D eigenvalue weighted by molar-refractivity contribution is -0.148. The zero-order valence-electron chi connectivity index (χ0n) is 12.3. The number of carbonyl (C=O) groups is 3. The number of hydrogen-bond donors (Lipinski definition) is 2. The van der Waals surface area contributed by atoms with Gasteiger partial charge in [-0.15, -0.1) is 0 Å². The van der Waals surface area contributed by atoms with Gasteiger partial charge in [-0.2, -0.15) is 0 Å². The van der Waals surface area contributed by atoms with Crippen LogP contribution in [0.3, 0.4) is 0 Å². The lowest BCUT2D eigenvalue weighted by atomic mass is 9.95. The lowest BCUT2D eigenvalue weighted by Gasteiger charge is -2.16. The van der Waals surface area contributed by atoms with Crippen molar-refractivity contribution in [1.82, 2.24) is 0 Å². The van der Waals surface area contributed by atoms with E-state index in [1.54, 1.807) is 6.92 Å². The van der Waals surface area contributed by atoms with Crippen LogP contribution >= 0.6 is 0 Å². The van der Waals surface area contributed by atoms with E-state index in [1.807, 2.05) is 0 Å². The fourth-order valence-corrected chi connectivity index (χ4v) is 2.48. The number of aromatic hydroxyl groups is 2. The quantitative estimate of drug-likeness (QED) is 0.710. The molecule has 2 N–H and O–H groups in total. The van der Waals surface area contributed by atoms with E-state index in [4.69, 9.17) is 4.74 Å². The van der Waals surface area contributed by atoms with Crippen molar-refractivity contribution < 1.29 is 29.3 Å². The molecule has 0 radical (unpaired) electrons. The molecule has 2 rings (SSSR count). The van der Waals surface area contributed by atoms with E-state index in [1.165, 1.54) is 6.07 Å². The van der Waals surface area contributed by atoms with Crippen LogP contribution in [-0.4, -0.2) is 33.9 Å². The number of rotatable bonds is 0. The van der Waals surface area contributed by atoms with Crippen LogP contribution in [0.25, 0.3) is 0 Å². The third kappa shape index (κ3) is 3.84. The number of Topliss-reactive ketones (excluding diaryl/α,β-unsaturated/α-hetero) is 2. The number of benzene rings is 1. The van der Waals surface area contributed by atoms with Crippen LogP contribution in [0.4, 0.5) is 0 Å². The van der Waals surface area contributed by atoms with Gasteiger partial charge in [-0.1, -0.05) is 0 Å². The Morgan fingerprint density at radius 2 is 1.82 bits per heavy atom. The first-order valence-electron chi connectivity index (χ1n) is 7.16. The van der Waals surface area contributed by atoms with Gasteiger partial charge in [0.25, 0.3) is 0 Å². The second-order valence-electron chi connectivity index (χ2n) is 5.48. The van der Waals surface area contributed by atoms with Crippen molar-refractivity contribution in [2.24, 2.45) is 0 Å². The number of phenolic OH excluding ortho intramolecular Hbond substituents is 2. The molecule has 1 aromatic carbocycles. The Hall–Kier alpha value is -2.37. The Balaban J connectivity index is 2.40. The second kappa shape index (κ2) is 6.60. The van der Waals surface area contributed by atoms with Gasteiger partial charge in [0.1, 0.15) is 17.3 Å². The van der Waals surface area contributed by atoms with Gasteiger partial charge >= 0.3 is 5.97 Å². The predicted molar refractivity (Wildman–Crippen MR) is 76.8 cm³/mol. The first-order chi connectivity index (χ1) is 10.4. The van der Waals surface area contributed by atoms with Crippen LogP contribution in [0.1, 0.15) is 48.5 Å². The number of phenols is 2. The van der Waals surface area contributed by atoms with Gasteiger partial charge in [-0.25, -0.2) is 0 Å². The minimum atomic E-state index is -0.570. The molecule has 1 aliphatic heterocycles. The third-order valence-corrected chi connectivity index (χ3v) is 3.59. The highest BCUT2D eigenvalue weighted by Gasteiger charge is 2.23. The molecule has 0 fully saturated rings. The maximum Gasteiger partial charge on any atom is 0.310 e. The number of carbonyl (C=O) groups excluding carboxylic acids is 3. The highest BCUT2D eigenvalue weighted by molar-refractivity contribution is 6.02. The maximum absolute atomic E-state index is 12.2. The minimum Gasteiger partial charge on any atom is -0.508 e. The normalized spacial score (nSPS) is 20.6. The zero-order valence-corrected chi connectivity index (χ0v) is 12.3. The van der Waals surface area contributed by atoms with E-state index >= 15 is 0 Å². The average molecular weight is 306 g/mol. The van der Waals surface area contributed by atoms with Crippen LogP contribution in [0, 0.1) is 0 Å². The molecule has 0 saturated carbocycles. The zero-order chi connectivity index (χ0) is 16.3. The van der Waals surface area contributed by atoms with Crippen LogP contribution in [0.2, 0.25) is 0 Å². The third-order valence-electron chi connectivity index (χ3n) is 3.59. The Labute approximate surface area is 127 Å². The topological polar surface area (TPSA) is 101 Å². The lowest BCUT2D eigenvalue weighted by Crippen LogP contribution is -2.20. The monoisotopic (exact) mass is 306 g/mol. The van der Waals surface area contributed by atoms with Gasteiger partial charge in [0.05, 0.1) is 18.1 Å². The van der Waals surface area contributed by atoms with Crippen LogP contribution in [0.15, 0.2) is 12.1 Å². The molecule has 0 unspecified atom stereocenters. The summed E-state index contributed by atoms with van der Waals surface area (Å²) in [7, 11) is 0. The van der Waals surface area contributed by atoms with E-state index in [0.717, 1.165) is 6.07 Å². The molecule has 0 amide bonds. The molecule has 0 bridgehead atoms. The number of ketones is 2. The van der Waals surface area contributed by atoms with Crippen molar-refractivity contribution in [2.45, 2.75) is 45.1 Å². The maximum atomic E-state index is 12.2. The summed E-state index contributed by atoms with van der Waals surface area (Å²) in [5, 5.41) is 19.4. The first kappa shape index (κ1) is 16.0. The molecule has 22 heavy (non-hydrogen) atoms. The van der Waals surface area contributed by atoms with E-state index in [9.17, 15) is 24.6 Å². The van der Waals surface area contributed by atoms with Crippen molar-refractivity contribution in [3.63, 3.8) is 0 Å². The molecule has 0 aromatic heterocycles. The Morgan fingerprint density at radius 1 is 1.09 bits per heavy atom. The summed E-state index contributed by atoms with van der Waals surface area (Å²) in [4.78, 5) is 35.9. The van der Waals surface area contributed by atoms with Crippen LogP contribution in [0.5, 0.6) is 11.5 Å². The summed E-state index contributed by atoms with van der Waals surface area (Å²) < 4.78 is 5.18. The van der Waals surface area contributed by atoms with E-state index < -0.39 is 23.6 Å².